The molecular weight excluding hydrogens is 328 g/mol. The first-order chi connectivity index (χ1) is 10.2. The molecule has 0 bridgehead atoms. The van der Waals surface area contributed by atoms with Gasteiger partial charge in [-0.3, -0.25) is 4.79 Å². The van der Waals surface area contributed by atoms with Crippen LogP contribution in [0, 0.1) is 11.3 Å². The van der Waals surface area contributed by atoms with Gasteiger partial charge in [0.05, 0.1) is 12.5 Å². The maximum atomic E-state index is 12.6. The molecule has 1 amide bonds. The summed E-state index contributed by atoms with van der Waals surface area (Å²) in [5.74, 6) is -0.0598. The van der Waals surface area contributed by atoms with Crippen LogP contribution in [0.25, 0.3) is 0 Å². The highest BCUT2D eigenvalue weighted by molar-refractivity contribution is 9.10. The molecule has 2 aromatic rings. The van der Waals surface area contributed by atoms with Crippen LogP contribution >= 0.6 is 15.9 Å². The minimum Gasteiger partial charge on any atom is -0.333 e. The third-order valence-electron chi connectivity index (χ3n) is 3.07. The fourth-order valence-corrected chi connectivity index (χ4v) is 2.44. The minimum absolute atomic E-state index is 0.0598. The fraction of sp³-hybridized carbons (Fsp3) is 0.176. The van der Waals surface area contributed by atoms with Crippen molar-refractivity contribution < 1.29 is 4.79 Å². The van der Waals surface area contributed by atoms with Gasteiger partial charge in [-0.25, -0.2) is 0 Å². The molecule has 3 nitrogen and oxygen atoms in total. The van der Waals surface area contributed by atoms with E-state index in [-0.39, 0.29) is 5.91 Å². The smallest absolute Gasteiger partial charge is 0.254 e. The second-order valence-electron chi connectivity index (χ2n) is 4.63. The molecule has 0 radical (unpaired) electrons. The van der Waals surface area contributed by atoms with E-state index in [2.05, 4.69) is 22.0 Å². The number of carbonyl (C=O) groups is 1. The lowest BCUT2D eigenvalue weighted by Gasteiger charge is -2.22. The number of halogens is 1. The Labute approximate surface area is 132 Å². The number of carbonyl (C=O) groups excluding carboxylic acids is 1. The molecule has 0 N–H and O–H groups in total. The summed E-state index contributed by atoms with van der Waals surface area (Å²) >= 11 is 3.38. The topological polar surface area (TPSA) is 44.1 Å². The van der Waals surface area contributed by atoms with Crippen LogP contribution in [0.1, 0.15) is 22.3 Å². The van der Waals surface area contributed by atoms with E-state index in [1.54, 1.807) is 17.0 Å². The van der Waals surface area contributed by atoms with E-state index >= 15 is 0 Å². The summed E-state index contributed by atoms with van der Waals surface area (Å²) in [5.41, 5.74) is 1.68. The average Bonchev–Trinajstić information content (AvgIpc) is 2.51. The van der Waals surface area contributed by atoms with Gasteiger partial charge in [0.1, 0.15) is 0 Å². The Morgan fingerprint density at radius 2 is 1.90 bits per heavy atom. The molecule has 0 fully saturated rings. The van der Waals surface area contributed by atoms with Crippen molar-refractivity contribution in [2.75, 3.05) is 6.54 Å². The van der Waals surface area contributed by atoms with Crippen molar-refractivity contribution in [2.24, 2.45) is 0 Å². The van der Waals surface area contributed by atoms with Gasteiger partial charge in [-0.2, -0.15) is 5.26 Å². The molecule has 106 valence electrons. The molecule has 0 heterocycles. The van der Waals surface area contributed by atoms with Crippen molar-refractivity contribution in [3.05, 3.63) is 70.2 Å². The molecule has 0 aromatic heterocycles. The summed E-state index contributed by atoms with van der Waals surface area (Å²) < 4.78 is 0.869. The van der Waals surface area contributed by atoms with Crippen LogP contribution in [0.4, 0.5) is 0 Å². The SMILES string of the molecule is N#CCCN(Cc1ccccc1)C(=O)c1cccc(Br)c1. The van der Waals surface area contributed by atoms with Gasteiger partial charge in [-0.1, -0.05) is 52.3 Å². The first kappa shape index (κ1) is 15.3. The normalized spacial score (nSPS) is 9.90. The Morgan fingerprint density at radius 1 is 1.14 bits per heavy atom. The number of benzene rings is 2. The van der Waals surface area contributed by atoms with Gasteiger partial charge in [-0.15, -0.1) is 0 Å². The number of rotatable bonds is 5. The van der Waals surface area contributed by atoms with Crippen LogP contribution in [-0.4, -0.2) is 17.4 Å². The maximum Gasteiger partial charge on any atom is 0.254 e. The van der Waals surface area contributed by atoms with Gasteiger partial charge >= 0.3 is 0 Å². The molecule has 0 aliphatic rings. The zero-order valence-electron chi connectivity index (χ0n) is 11.5. The molecule has 0 aliphatic heterocycles. The lowest BCUT2D eigenvalue weighted by Crippen LogP contribution is -2.31. The van der Waals surface area contributed by atoms with E-state index in [1.165, 1.54) is 0 Å². The Hall–Kier alpha value is -2.12. The van der Waals surface area contributed by atoms with Crippen molar-refractivity contribution in [2.45, 2.75) is 13.0 Å². The van der Waals surface area contributed by atoms with Crippen LogP contribution in [0.3, 0.4) is 0 Å². The zero-order chi connectivity index (χ0) is 15.1. The van der Waals surface area contributed by atoms with Crippen LogP contribution in [0.15, 0.2) is 59.1 Å². The molecule has 0 spiro atoms. The van der Waals surface area contributed by atoms with Crippen molar-refractivity contribution in [3.63, 3.8) is 0 Å². The summed E-state index contributed by atoms with van der Waals surface area (Å²) in [6.07, 6.45) is 0.326. The molecule has 2 aromatic carbocycles. The third-order valence-corrected chi connectivity index (χ3v) is 3.56. The summed E-state index contributed by atoms with van der Waals surface area (Å²) in [5, 5.41) is 8.78. The quantitative estimate of drug-likeness (QED) is 0.823. The largest absolute Gasteiger partial charge is 0.333 e. The highest BCUT2D eigenvalue weighted by Crippen LogP contribution is 2.15. The van der Waals surface area contributed by atoms with Gasteiger partial charge in [0.25, 0.3) is 5.91 Å². The van der Waals surface area contributed by atoms with E-state index < -0.39 is 0 Å². The number of hydrogen-bond acceptors (Lipinski definition) is 2. The minimum atomic E-state index is -0.0598. The molecule has 0 saturated carbocycles. The highest BCUT2D eigenvalue weighted by Gasteiger charge is 2.16. The third kappa shape index (κ3) is 4.44. The number of hydrogen-bond donors (Lipinski definition) is 0. The molecule has 21 heavy (non-hydrogen) atoms. The van der Waals surface area contributed by atoms with E-state index in [0.717, 1.165) is 10.0 Å². The van der Waals surface area contributed by atoms with E-state index in [0.29, 0.717) is 25.1 Å². The molecular formula is C17H15BrN2O. The molecule has 0 atom stereocenters. The first-order valence-corrected chi connectivity index (χ1v) is 7.45. The summed E-state index contributed by atoms with van der Waals surface area (Å²) in [7, 11) is 0. The van der Waals surface area contributed by atoms with Crippen LogP contribution in [-0.2, 0) is 6.54 Å². The molecule has 0 saturated heterocycles. The van der Waals surface area contributed by atoms with Crippen molar-refractivity contribution in [1.82, 2.24) is 4.90 Å². The lowest BCUT2D eigenvalue weighted by molar-refractivity contribution is 0.0747. The van der Waals surface area contributed by atoms with Crippen LogP contribution in [0.5, 0.6) is 0 Å². The standard InChI is InChI=1S/C17H15BrN2O/c18-16-9-4-8-15(12-16)17(21)20(11-5-10-19)13-14-6-2-1-3-7-14/h1-4,6-9,12H,5,11,13H2. The molecule has 0 unspecified atom stereocenters. The number of amides is 1. The Kier molecular flexibility index (Phi) is 5.53. The summed E-state index contributed by atoms with van der Waals surface area (Å²) in [6.45, 7) is 0.935. The second kappa shape index (κ2) is 7.61. The maximum absolute atomic E-state index is 12.6. The van der Waals surface area contributed by atoms with Crippen molar-refractivity contribution in [1.29, 1.82) is 5.26 Å². The molecule has 0 aliphatic carbocycles. The predicted molar refractivity (Wildman–Crippen MR) is 85.6 cm³/mol. The van der Waals surface area contributed by atoms with Gasteiger partial charge in [0, 0.05) is 23.1 Å². The van der Waals surface area contributed by atoms with E-state index in [1.807, 2.05) is 42.5 Å². The number of nitrogens with zero attached hydrogens (tertiary/aromatic N) is 2. The van der Waals surface area contributed by atoms with Crippen LogP contribution in [0.2, 0.25) is 0 Å². The van der Waals surface area contributed by atoms with Gasteiger partial charge in [0.15, 0.2) is 0 Å². The van der Waals surface area contributed by atoms with Gasteiger partial charge < -0.3 is 4.90 Å². The molecule has 4 heteroatoms. The van der Waals surface area contributed by atoms with Crippen molar-refractivity contribution in [3.8, 4) is 6.07 Å². The monoisotopic (exact) mass is 342 g/mol. The highest BCUT2D eigenvalue weighted by atomic mass is 79.9. The van der Waals surface area contributed by atoms with E-state index in [9.17, 15) is 4.79 Å². The first-order valence-electron chi connectivity index (χ1n) is 6.66. The van der Waals surface area contributed by atoms with Gasteiger partial charge in [0.2, 0.25) is 0 Å². The van der Waals surface area contributed by atoms with Crippen molar-refractivity contribution >= 4 is 21.8 Å². The van der Waals surface area contributed by atoms with Crippen LogP contribution < -0.4 is 0 Å². The molecule has 2 rings (SSSR count). The second-order valence-corrected chi connectivity index (χ2v) is 5.55. The van der Waals surface area contributed by atoms with Gasteiger partial charge in [-0.05, 0) is 23.8 Å². The van der Waals surface area contributed by atoms with E-state index in [4.69, 9.17) is 5.26 Å². The zero-order valence-corrected chi connectivity index (χ0v) is 13.1. The fourth-order valence-electron chi connectivity index (χ4n) is 2.05. The lowest BCUT2D eigenvalue weighted by atomic mass is 10.1. The summed E-state index contributed by atoms with van der Waals surface area (Å²) in [4.78, 5) is 14.3. The Morgan fingerprint density at radius 3 is 2.57 bits per heavy atom. The Bertz CT molecular complexity index is 649. The predicted octanol–water partition coefficient (Wildman–Crippen LogP) is 4.01. The average molecular weight is 343 g/mol. The Balaban J connectivity index is 2.19. The number of nitriles is 1. The summed E-state index contributed by atoms with van der Waals surface area (Å²) in [6, 6.07) is 19.2.